The molecule has 0 aromatic heterocycles. The van der Waals surface area contributed by atoms with Crippen molar-refractivity contribution in [2.75, 3.05) is 20.1 Å². The van der Waals surface area contributed by atoms with Gasteiger partial charge in [0, 0.05) is 19.2 Å². The van der Waals surface area contributed by atoms with E-state index < -0.39 is 10.0 Å². The van der Waals surface area contributed by atoms with Crippen LogP contribution in [0.15, 0.2) is 23.1 Å². The smallest absolute Gasteiger partial charge is 0.244 e. The first-order valence-electron chi connectivity index (χ1n) is 5.69. The molecule has 0 atom stereocenters. The molecule has 1 aromatic rings. The first kappa shape index (κ1) is 14.7. The fourth-order valence-corrected chi connectivity index (χ4v) is 2.75. The van der Waals surface area contributed by atoms with E-state index in [1.165, 1.54) is 4.31 Å². The van der Waals surface area contributed by atoms with Crippen LogP contribution in [0.1, 0.15) is 18.1 Å². The molecule has 0 heterocycles. The van der Waals surface area contributed by atoms with Crippen molar-refractivity contribution in [3.63, 3.8) is 0 Å². The number of rotatable bonds is 3. The zero-order valence-electron chi connectivity index (χ0n) is 10.9. The van der Waals surface area contributed by atoms with Crippen molar-refractivity contribution in [3.05, 3.63) is 29.3 Å². The highest BCUT2D eigenvalue weighted by molar-refractivity contribution is 7.89. The van der Waals surface area contributed by atoms with Crippen LogP contribution in [0.2, 0.25) is 0 Å². The topological polar surface area (TPSA) is 63.4 Å². The summed E-state index contributed by atoms with van der Waals surface area (Å²) in [5.41, 5.74) is 6.79. The van der Waals surface area contributed by atoms with Gasteiger partial charge in [-0.15, -0.1) is 0 Å². The van der Waals surface area contributed by atoms with Crippen LogP contribution in [0.4, 0.5) is 0 Å². The monoisotopic (exact) mass is 266 g/mol. The second-order valence-electron chi connectivity index (χ2n) is 3.92. The lowest BCUT2D eigenvalue weighted by Gasteiger charge is -2.16. The number of sulfonamides is 1. The van der Waals surface area contributed by atoms with Crippen LogP contribution in [0.3, 0.4) is 0 Å². The summed E-state index contributed by atoms with van der Waals surface area (Å²) in [6, 6.07) is 5.13. The zero-order valence-corrected chi connectivity index (χ0v) is 11.7. The van der Waals surface area contributed by atoms with E-state index in [1.54, 1.807) is 32.2 Å². The summed E-state index contributed by atoms with van der Waals surface area (Å²) >= 11 is 0. The van der Waals surface area contributed by atoms with E-state index in [-0.39, 0.29) is 11.4 Å². The Balaban J connectivity index is 3.41. The van der Waals surface area contributed by atoms with Gasteiger partial charge in [-0.3, -0.25) is 0 Å². The molecule has 0 aliphatic rings. The van der Waals surface area contributed by atoms with Gasteiger partial charge in [0.25, 0.3) is 0 Å². The van der Waals surface area contributed by atoms with Crippen molar-refractivity contribution in [3.8, 4) is 11.8 Å². The third kappa shape index (κ3) is 3.10. The first-order chi connectivity index (χ1) is 8.43. The minimum Gasteiger partial charge on any atom is -0.320 e. The van der Waals surface area contributed by atoms with Crippen molar-refractivity contribution in [2.45, 2.75) is 18.7 Å². The van der Waals surface area contributed by atoms with E-state index in [4.69, 9.17) is 5.73 Å². The molecule has 98 valence electrons. The lowest BCUT2D eigenvalue weighted by molar-refractivity contribution is 0.486. The molecule has 2 N–H and O–H groups in total. The Hall–Kier alpha value is -1.35. The molecule has 0 fully saturated rings. The average molecular weight is 266 g/mol. The molecule has 0 spiro atoms. The molecule has 0 aliphatic carbocycles. The fraction of sp³-hybridized carbons (Fsp3) is 0.385. The molecule has 0 saturated carbocycles. The van der Waals surface area contributed by atoms with Gasteiger partial charge in [0.05, 0.1) is 11.4 Å². The van der Waals surface area contributed by atoms with E-state index in [0.717, 1.165) is 5.56 Å². The third-order valence-electron chi connectivity index (χ3n) is 2.59. The maximum absolute atomic E-state index is 12.3. The van der Waals surface area contributed by atoms with Crippen molar-refractivity contribution in [1.29, 1.82) is 0 Å². The summed E-state index contributed by atoms with van der Waals surface area (Å²) in [4.78, 5) is 0.235. The second kappa shape index (κ2) is 6.01. The van der Waals surface area contributed by atoms with Crippen LogP contribution in [-0.4, -0.2) is 32.9 Å². The van der Waals surface area contributed by atoms with Crippen LogP contribution >= 0.6 is 0 Å². The molecule has 18 heavy (non-hydrogen) atoms. The number of nitrogens with two attached hydrogens (primary N) is 1. The molecule has 4 nitrogen and oxygen atoms in total. The molecule has 0 amide bonds. The van der Waals surface area contributed by atoms with Crippen molar-refractivity contribution in [1.82, 2.24) is 4.31 Å². The Morgan fingerprint density at radius 1 is 1.39 bits per heavy atom. The summed E-state index contributed by atoms with van der Waals surface area (Å²) < 4.78 is 25.9. The number of aryl methyl sites for hydroxylation is 1. The van der Waals surface area contributed by atoms with Crippen LogP contribution in [0, 0.1) is 18.8 Å². The highest BCUT2D eigenvalue weighted by Gasteiger charge is 2.22. The maximum Gasteiger partial charge on any atom is 0.244 e. The number of hydrogen-bond acceptors (Lipinski definition) is 3. The summed E-state index contributed by atoms with van der Waals surface area (Å²) in [5, 5.41) is 0. The predicted molar refractivity (Wildman–Crippen MR) is 72.6 cm³/mol. The van der Waals surface area contributed by atoms with Gasteiger partial charge < -0.3 is 5.73 Å². The van der Waals surface area contributed by atoms with Crippen LogP contribution in [0.5, 0.6) is 0 Å². The molecule has 0 bridgehead atoms. The predicted octanol–water partition coefficient (Wildman–Crippen LogP) is 0.946. The third-order valence-corrected chi connectivity index (χ3v) is 4.58. The van der Waals surface area contributed by atoms with Gasteiger partial charge in [-0.05, 0) is 24.6 Å². The normalized spacial score (nSPS) is 11.2. The zero-order chi connectivity index (χ0) is 13.8. The Morgan fingerprint density at radius 3 is 2.61 bits per heavy atom. The van der Waals surface area contributed by atoms with E-state index in [2.05, 4.69) is 11.8 Å². The Labute approximate surface area is 109 Å². The van der Waals surface area contributed by atoms with E-state index in [1.807, 2.05) is 6.92 Å². The first-order valence-corrected chi connectivity index (χ1v) is 7.13. The summed E-state index contributed by atoms with van der Waals surface area (Å²) in [7, 11) is -1.93. The Morgan fingerprint density at radius 2 is 2.06 bits per heavy atom. The SMILES string of the molecule is CCN(C)S(=O)(=O)c1ccc(C)cc1C#CCN. The summed E-state index contributed by atoms with van der Waals surface area (Å²) in [5.74, 6) is 5.51. The molecule has 0 aliphatic heterocycles. The fourth-order valence-electron chi connectivity index (χ4n) is 1.45. The van der Waals surface area contributed by atoms with E-state index >= 15 is 0 Å². The lowest BCUT2D eigenvalue weighted by atomic mass is 10.1. The van der Waals surface area contributed by atoms with Gasteiger partial charge in [-0.1, -0.05) is 24.8 Å². The van der Waals surface area contributed by atoms with Gasteiger partial charge in [0.1, 0.15) is 0 Å². The summed E-state index contributed by atoms with van der Waals surface area (Å²) in [6.45, 7) is 4.31. The molecular formula is C13H18N2O2S. The number of benzene rings is 1. The van der Waals surface area contributed by atoms with Crippen LogP contribution < -0.4 is 5.73 Å². The maximum atomic E-state index is 12.3. The largest absolute Gasteiger partial charge is 0.320 e. The molecule has 5 heteroatoms. The van der Waals surface area contributed by atoms with Gasteiger partial charge in [0.15, 0.2) is 0 Å². The minimum atomic E-state index is -3.48. The Kier molecular flexibility index (Phi) is 4.91. The van der Waals surface area contributed by atoms with Gasteiger partial charge >= 0.3 is 0 Å². The van der Waals surface area contributed by atoms with E-state index in [0.29, 0.717) is 12.1 Å². The lowest BCUT2D eigenvalue weighted by Crippen LogP contribution is -2.27. The molecule has 0 saturated heterocycles. The Bertz CT molecular complexity index is 583. The standard InChI is InChI=1S/C13H18N2O2S/c1-4-15(3)18(16,17)13-8-7-11(2)10-12(13)6-5-9-14/h7-8,10H,4,9,14H2,1-3H3. The highest BCUT2D eigenvalue weighted by Crippen LogP contribution is 2.19. The average Bonchev–Trinajstić information content (AvgIpc) is 2.34. The summed E-state index contributed by atoms with van der Waals surface area (Å²) in [6.07, 6.45) is 0. The number of nitrogens with zero attached hydrogens (tertiary/aromatic N) is 1. The molecule has 0 radical (unpaired) electrons. The van der Waals surface area contributed by atoms with E-state index in [9.17, 15) is 8.42 Å². The highest BCUT2D eigenvalue weighted by atomic mass is 32.2. The van der Waals surface area contributed by atoms with Crippen molar-refractivity contribution in [2.24, 2.45) is 5.73 Å². The van der Waals surface area contributed by atoms with Gasteiger partial charge in [-0.25, -0.2) is 12.7 Å². The molecular weight excluding hydrogens is 248 g/mol. The number of hydrogen-bond donors (Lipinski definition) is 1. The molecule has 0 unspecified atom stereocenters. The quantitative estimate of drug-likeness (QED) is 0.828. The van der Waals surface area contributed by atoms with Gasteiger partial charge in [0.2, 0.25) is 10.0 Å². The minimum absolute atomic E-state index is 0.205. The second-order valence-corrected chi connectivity index (χ2v) is 5.94. The van der Waals surface area contributed by atoms with Crippen LogP contribution in [0.25, 0.3) is 0 Å². The van der Waals surface area contributed by atoms with Gasteiger partial charge in [-0.2, -0.15) is 0 Å². The van der Waals surface area contributed by atoms with Crippen LogP contribution in [-0.2, 0) is 10.0 Å². The molecule has 1 aromatic carbocycles. The molecule has 1 rings (SSSR count). The van der Waals surface area contributed by atoms with Crippen molar-refractivity contribution < 1.29 is 8.42 Å². The van der Waals surface area contributed by atoms with Crippen molar-refractivity contribution >= 4 is 10.0 Å².